The molecule has 0 aliphatic heterocycles. The fraction of sp³-hybridized carbons (Fsp3) is 0.500. The first-order chi connectivity index (χ1) is 8.08. The SMILES string of the molecule is CCC(N[C@H](C)c1ccc(C)cc1)C(=O)OC. The lowest BCUT2D eigenvalue weighted by Gasteiger charge is -2.20. The van der Waals surface area contributed by atoms with Gasteiger partial charge in [-0.05, 0) is 25.8 Å². The third kappa shape index (κ3) is 3.86. The Balaban J connectivity index is 2.67. The number of ether oxygens (including phenoxy) is 1. The van der Waals surface area contributed by atoms with Gasteiger partial charge in [-0.2, -0.15) is 0 Å². The summed E-state index contributed by atoms with van der Waals surface area (Å²) in [6.45, 7) is 6.08. The fourth-order valence-corrected chi connectivity index (χ4v) is 1.75. The molecular formula is C14H21NO2. The topological polar surface area (TPSA) is 38.3 Å². The molecule has 0 amide bonds. The summed E-state index contributed by atoms with van der Waals surface area (Å²) >= 11 is 0. The Bertz CT molecular complexity index is 359. The van der Waals surface area contributed by atoms with E-state index < -0.39 is 0 Å². The van der Waals surface area contributed by atoms with Crippen molar-refractivity contribution in [3.63, 3.8) is 0 Å². The Morgan fingerprint density at radius 3 is 2.41 bits per heavy atom. The minimum Gasteiger partial charge on any atom is -0.468 e. The number of methoxy groups -OCH3 is 1. The van der Waals surface area contributed by atoms with Gasteiger partial charge in [-0.3, -0.25) is 10.1 Å². The highest BCUT2D eigenvalue weighted by Gasteiger charge is 2.19. The van der Waals surface area contributed by atoms with Crippen LogP contribution in [0.5, 0.6) is 0 Å². The summed E-state index contributed by atoms with van der Waals surface area (Å²) < 4.78 is 4.76. The molecule has 3 nitrogen and oxygen atoms in total. The van der Waals surface area contributed by atoms with Crippen molar-refractivity contribution >= 4 is 5.97 Å². The number of benzene rings is 1. The lowest BCUT2D eigenvalue weighted by atomic mass is 10.1. The molecule has 17 heavy (non-hydrogen) atoms. The summed E-state index contributed by atoms with van der Waals surface area (Å²) in [6, 6.07) is 8.21. The molecule has 0 bridgehead atoms. The maximum Gasteiger partial charge on any atom is 0.322 e. The Kier molecular flexibility index (Phi) is 5.16. The van der Waals surface area contributed by atoms with Crippen LogP contribution in [0.2, 0.25) is 0 Å². The highest BCUT2D eigenvalue weighted by molar-refractivity contribution is 5.75. The number of hydrogen-bond donors (Lipinski definition) is 1. The Hall–Kier alpha value is -1.35. The van der Waals surface area contributed by atoms with Crippen molar-refractivity contribution in [2.45, 2.75) is 39.3 Å². The van der Waals surface area contributed by atoms with Crippen molar-refractivity contribution in [1.82, 2.24) is 5.32 Å². The summed E-state index contributed by atoms with van der Waals surface area (Å²) in [5, 5.41) is 3.28. The summed E-state index contributed by atoms with van der Waals surface area (Å²) in [4.78, 5) is 11.5. The number of nitrogens with one attached hydrogen (secondary N) is 1. The monoisotopic (exact) mass is 235 g/mol. The summed E-state index contributed by atoms with van der Waals surface area (Å²) in [5.41, 5.74) is 2.42. The minimum absolute atomic E-state index is 0.139. The first-order valence-electron chi connectivity index (χ1n) is 5.99. The van der Waals surface area contributed by atoms with Crippen molar-refractivity contribution in [2.24, 2.45) is 0 Å². The Morgan fingerprint density at radius 1 is 1.35 bits per heavy atom. The van der Waals surface area contributed by atoms with Gasteiger partial charge in [0.2, 0.25) is 0 Å². The molecule has 1 rings (SSSR count). The van der Waals surface area contributed by atoms with Crippen LogP contribution >= 0.6 is 0 Å². The summed E-state index contributed by atoms with van der Waals surface area (Å²) in [7, 11) is 1.42. The molecule has 0 saturated carbocycles. The number of carbonyl (C=O) groups is 1. The molecule has 0 heterocycles. The second-order valence-corrected chi connectivity index (χ2v) is 4.28. The molecule has 3 heteroatoms. The van der Waals surface area contributed by atoms with Gasteiger partial charge in [-0.1, -0.05) is 36.8 Å². The number of hydrogen-bond acceptors (Lipinski definition) is 3. The van der Waals surface area contributed by atoms with E-state index in [0.29, 0.717) is 0 Å². The first-order valence-corrected chi connectivity index (χ1v) is 5.99. The molecule has 2 atom stereocenters. The van der Waals surface area contributed by atoms with Crippen LogP contribution in [0.15, 0.2) is 24.3 Å². The third-order valence-corrected chi connectivity index (χ3v) is 2.92. The second-order valence-electron chi connectivity index (χ2n) is 4.28. The van der Waals surface area contributed by atoms with Gasteiger partial charge in [0.05, 0.1) is 7.11 Å². The van der Waals surface area contributed by atoms with Gasteiger partial charge >= 0.3 is 5.97 Å². The predicted molar refractivity (Wildman–Crippen MR) is 68.8 cm³/mol. The molecule has 0 aliphatic carbocycles. The molecule has 0 aromatic heterocycles. The zero-order chi connectivity index (χ0) is 12.8. The maximum atomic E-state index is 11.5. The second kappa shape index (κ2) is 6.40. The predicted octanol–water partition coefficient (Wildman–Crippen LogP) is 2.60. The van der Waals surface area contributed by atoms with Crippen molar-refractivity contribution < 1.29 is 9.53 Å². The van der Waals surface area contributed by atoms with Crippen LogP contribution in [0.4, 0.5) is 0 Å². The molecule has 0 saturated heterocycles. The Labute approximate surface area is 103 Å². The van der Waals surface area contributed by atoms with Gasteiger partial charge in [0.25, 0.3) is 0 Å². The number of rotatable bonds is 5. The summed E-state index contributed by atoms with van der Waals surface area (Å²) in [5.74, 6) is -0.202. The van der Waals surface area contributed by atoms with E-state index in [9.17, 15) is 4.79 Å². The van der Waals surface area contributed by atoms with Crippen molar-refractivity contribution in [3.05, 3.63) is 35.4 Å². The number of aryl methyl sites for hydroxylation is 1. The average molecular weight is 235 g/mol. The van der Waals surface area contributed by atoms with Crippen LogP contribution in [0.3, 0.4) is 0 Å². The van der Waals surface area contributed by atoms with Crippen molar-refractivity contribution in [3.8, 4) is 0 Å². The molecule has 1 aromatic carbocycles. The van der Waals surface area contributed by atoms with E-state index in [1.165, 1.54) is 18.2 Å². The van der Waals surface area contributed by atoms with Gasteiger partial charge in [-0.15, -0.1) is 0 Å². The molecule has 0 radical (unpaired) electrons. The average Bonchev–Trinajstić information content (AvgIpc) is 2.35. The fourth-order valence-electron chi connectivity index (χ4n) is 1.75. The zero-order valence-corrected chi connectivity index (χ0v) is 11.0. The van der Waals surface area contributed by atoms with Gasteiger partial charge in [-0.25, -0.2) is 0 Å². The van der Waals surface area contributed by atoms with Crippen LogP contribution in [0.25, 0.3) is 0 Å². The molecule has 1 unspecified atom stereocenters. The normalized spacial score (nSPS) is 14.1. The Morgan fingerprint density at radius 2 is 1.94 bits per heavy atom. The van der Waals surface area contributed by atoms with Crippen molar-refractivity contribution in [1.29, 1.82) is 0 Å². The lowest BCUT2D eigenvalue weighted by molar-refractivity contribution is -0.143. The molecule has 0 spiro atoms. The molecule has 0 aliphatic rings. The van der Waals surface area contributed by atoms with Crippen LogP contribution in [-0.4, -0.2) is 19.1 Å². The maximum absolute atomic E-state index is 11.5. The van der Waals surface area contributed by atoms with Crippen LogP contribution in [-0.2, 0) is 9.53 Å². The smallest absolute Gasteiger partial charge is 0.322 e. The molecule has 1 aromatic rings. The quantitative estimate of drug-likeness (QED) is 0.797. The van der Waals surface area contributed by atoms with E-state index in [1.54, 1.807) is 0 Å². The first kappa shape index (κ1) is 13.7. The highest BCUT2D eigenvalue weighted by Crippen LogP contribution is 2.14. The van der Waals surface area contributed by atoms with Crippen LogP contribution < -0.4 is 5.32 Å². The third-order valence-electron chi connectivity index (χ3n) is 2.92. The van der Waals surface area contributed by atoms with E-state index in [-0.39, 0.29) is 18.1 Å². The molecular weight excluding hydrogens is 214 g/mol. The highest BCUT2D eigenvalue weighted by atomic mass is 16.5. The van der Waals surface area contributed by atoms with Gasteiger partial charge in [0, 0.05) is 6.04 Å². The summed E-state index contributed by atoms with van der Waals surface area (Å²) in [6.07, 6.45) is 0.725. The van der Waals surface area contributed by atoms with E-state index in [4.69, 9.17) is 4.74 Å². The largest absolute Gasteiger partial charge is 0.468 e. The van der Waals surface area contributed by atoms with E-state index in [0.717, 1.165) is 6.42 Å². The van der Waals surface area contributed by atoms with Gasteiger partial charge in [0.1, 0.15) is 6.04 Å². The van der Waals surface area contributed by atoms with Crippen molar-refractivity contribution in [2.75, 3.05) is 7.11 Å². The standard InChI is InChI=1S/C14H21NO2/c1-5-13(14(16)17-4)15-11(3)12-8-6-10(2)7-9-12/h6-9,11,13,15H,5H2,1-4H3/t11-,13?/m1/s1. The number of esters is 1. The molecule has 1 N–H and O–H groups in total. The van der Waals surface area contributed by atoms with Gasteiger partial charge in [0.15, 0.2) is 0 Å². The minimum atomic E-state index is -0.240. The number of carbonyl (C=O) groups excluding carboxylic acids is 1. The zero-order valence-electron chi connectivity index (χ0n) is 11.0. The molecule has 94 valence electrons. The van der Waals surface area contributed by atoms with E-state index in [1.807, 2.05) is 6.92 Å². The van der Waals surface area contributed by atoms with E-state index >= 15 is 0 Å². The van der Waals surface area contributed by atoms with E-state index in [2.05, 4.69) is 43.4 Å². The van der Waals surface area contributed by atoms with Crippen LogP contribution in [0.1, 0.15) is 37.4 Å². The lowest BCUT2D eigenvalue weighted by Crippen LogP contribution is -2.38. The van der Waals surface area contributed by atoms with Crippen LogP contribution in [0, 0.1) is 6.92 Å². The molecule has 0 fully saturated rings. The van der Waals surface area contributed by atoms with Gasteiger partial charge < -0.3 is 4.74 Å².